The molecule has 0 amide bonds. The second kappa shape index (κ2) is 5.13. The Hall–Kier alpha value is -1.64. The first-order valence-corrected chi connectivity index (χ1v) is 5.63. The van der Waals surface area contributed by atoms with Crippen molar-refractivity contribution in [1.29, 1.82) is 0 Å². The Kier molecular flexibility index (Phi) is 4.05. The first-order chi connectivity index (χ1) is 7.97. The van der Waals surface area contributed by atoms with Crippen LogP contribution >= 0.6 is 0 Å². The molecule has 0 unspecified atom stereocenters. The molecule has 17 heavy (non-hydrogen) atoms. The predicted octanol–water partition coefficient (Wildman–Crippen LogP) is 2.59. The summed E-state index contributed by atoms with van der Waals surface area (Å²) in [7, 11) is 0. The maximum atomic E-state index is 12.1. The van der Waals surface area contributed by atoms with Gasteiger partial charge < -0.3 is 4.74 Å². The molecule has 0 N–H and O–H groups in total. The smallest absolute Gasteiger partial charge is 0.328 e. The van der Waals surface area contributed by atoms with Crippen LogP contribution < -0.4 is 0 Å². The van der Waals surface area contributed by atoms with E-state index in [1.807, 2.05) is 0 Å². The van der Waals surface area contributed by atoms with E-state index in [2.05, 4.69) is 19.7 Å². The molecule has 0 aromatic rings. The SMILES string of the molecule is C=CCOC(=O)C1(C(C)=O)C(=C)CCCC1=C. The summed E-state index contributed by atoms with van der Waals surface area (Å²) in [6.07, 6.45) is 3.66. The first kappa shape index (κ1) is 13.4. The average Bonchev–Trinajstić information content (AvgIpc) is 2.26. The Bertz CT molecular complexity index is 374. The molecule has 3 nitrogen and oxygen atoms in total. The van der Waals surface area contributed by atoms with Gasteiger partial charge in [-0.15, -0.1) is 0 Å². The third kappa shape index (κ3) is 2.09. The van der Waals surface area contributed by atoms with Crippen LogP contribution in [0.1, 0.15) is 26.2 Å². The topological polar surface area (TPSA) is 43.4 Å². The summed E-state index contributed by atoms with van der Waals surface area (Å²) < 4.78 is 5.04. The number of ketones is 1. The number of Topliss-reactive ketones (excluding diaryl/α,β-unsaturated/α-hetero) is 1. The van der Waals surface area contributed by atoms with E-state index in [9.17, 15) is 9.59 Å². The van der Waals surface area contributed by atoms with Crippen molar-refractivity contribution >= 4 is 11.8 Å². The fourth-order valence-electron chi connectivity index (χ4n) is 2.31. The van der Waals surface area contributed by atoms with Crippen molar-refractivity contribution in [3.63, 3.8) is 0 Å². The van der Waals surface area contributed by atoms with Crippen molar-refractivity contribution in [3.8, 4) is 0 Å². The molecule has 1 aliphatic rings. The number of hydrogen-bond donors (Lipinski definition) is 0. The summed E-state index contributed by atoms with van der Waals surface area (Å²) in [5.41, 5.74) is -0.146. The highest BCUT2D eigenvalue weighted by atomic mass is 16.5. The van der Waals surface area contributed by atoms with Gasteiger partial charge in [-0.2, -0.15) is 0 Å². The minimum Gasteiger partial charge on any atom is -0.460 e. The van der Waals surface area contributed by atoms with Crippen LogP contribution in [0, 0.1) is 5.41 Å². The molecule has 3 heteroatoms. The van der Waals surface area contributed by atoms with Crippen LogP contribution in [-0.4, -0.2) is 18.4 Å². The fourth-order valence-corrected chi connectivity index (χ4v) is 2.31. The molecule has 1 aliphatic carbocycles. The third-order valence-corrected chi connectivity index (χ3v) is 3.18. The standard InChI is InChI=1S/C14H18O3/c1-5-9-17-13(16)14(12(4)15)10(2)7-6-8-11(14)3/h5H,1-3,6-9H2,4H3. The molecule has 0 aromatic heterocycles. The van der Waals surface area contributed by atoms with E-state index >= 15 is 0 Å². The van der Waals surface area contributed by atoms with Gasteiger partial charge in [0.05, 0.1) is 0 Å². The molecule has 1 rings (SSSR count). The lowest BCUT2D eigenvalue weighted by atomic mass is 9.65. The van der Waals surface area contributed by atoms with Gasteiger partial charge >= 0.3 is 5.97 Å². The van der Waals surface area contributed by atoms with Crippen molar-refractivity contribution in [3.05, 3.63) is 37.0 Å². The largest absolute Gasteiger partial charge is 0.460 e. The molecule has 0 radical (unpaired) electrons. The summed E-state index contributed by atoms with van der Waals surface area (Å²) in [6, 6.07) is 0. The number of carbonyl (C=O) groups is 2. The second-order valence-corrected chi connectivity index (χ2v) is 4.25. The molecule has 0 aromatic carbocycles. The van der Waals surface area contributed by atoms with E-state index in [0.29, 0.717) is 24.0 Å². The Morgan fingerprint density at radius 2 is 1.88 bits per heavy atom. The monoisotopic (exact) mass is 234 g/mol. The van der Waals surface area contributed by atoms with Gasteiger partial charge in [-0.1, -0.05) is 25.8 Å². The average molecular weight is 234 g/mol. The van der Waals surface area contributed by atoms with Gasteiger partial charge in [-0.25, -0.2) is 0 Å². The van der Waals surface area contributed by atoms with E-state index in [1.165, 1.54) is 13.0 Å². The highest BCUT2D eigenvalue weighted by Gasteiger charge is 2.50. The lowest BCUT2D eigenvalue weighted by Crippen LogP contribution is -2.44. The van der Waals surface area contributed by atoms with Crippen LogP contribution in [-0.2, 0) is 14.3 Å². The van der Waals surface area contributed by atoms with Gasteiger partial charge in [0.15, 0.2) is 11.2 Å². The van der Waals surface area contributed by atoms with Crippen LogP contribution in [0.5, 0.6) is 0 Å². The van der Waals surface area contributed by atoms with Crippen LogP contribution in [0.3, 0.4) is 0 Å². The predicted molar refractivity (Wildman–Crippen MR) is 66.4 cm³/mol. The normalized spacial score (nSPS) is 18.6. The van der Waals surface area contributed by atoms with Gasteiger partial charge in [0.1, 0.15) is 6.61 Å². The Morgan fingerprint density at radius 1 is 1.35 bits per heavy atom. The van der Waals surface area contributed by atoms with Gasteiger partial charge in [-0.3, -0.25) is 9.59 Å². The van der Waals surface area contributed by atoms with Gasteiger partial charge in [0.2, 0.25) is 0 Å². The van der Waals surface area contributed by atoms with Crippen LogP contribution in [0.25, 0.3) is 0 Å². The molecule has 0 aliphatic heterocycles. The van der Waals surface area contributed by atoms with E-state index in [0.717, 1.165) is 6.42 Å². The third-order valence-electron chi connectivity index (χ3n) is 3.18. The first-order valence-electron chi connectivity index (χ1n) is 5.63. The summed E-state index contributed by atoms with van der Waals surface area (Å²) >= 11 is 0. The second-order valence-electron chi connectivity index (χ2n) is 4.25. The molecule has 0 saturated heterocycles. The van der Waals surface area contributed by atoms with Crippen molar-refractivity contribution in [2.45, 2.75) is 26.2 Å². The Morgan fingerprint density at radius 3 is 2.29 bits per heavy atom. The number of carbonyl (C=O) groups excluding carboxylic acids is 2. The molecular formula is C14H18O3. The quantitative estimate of drug-likeness (QED) is 0.426. The molecular weight excluding hydrogens is 216 g/mol. The van der Waals surface area contributed by atoms with Crippen molar-refractivity contribution < 1.29 is 14.3 Å². The minimum atomic E-state index is -1.33. The summed E-state index contributed by atoms with van der Waals surface area (Å²) in [5.74, 6) is -0.833. The van der Waals surface area contributed by atoms with Crippen molar-refractivity contribution in [2.75, 3.05) is 6.61 Å². The lowest BCUT2D eigenvalue weighted by Gasteiger charge is -2.36. The highest BCUT2D eigenvalue weighted by molar-refractivity contribution is 6.09. The molecule has 0 atom stereocenters. The Labute approximate surface area is 102 Å². The molecule has 0 heterocycles. The minimum absolute atomic E-state index is 0.0917. The van der Waals surface area contributed by atoms with Crippen molar-refractivity contribution in [2.24, 2.45) is 5.41 Å². The summed E-state index contributed by atoms with van der Waals surface area (Å²) in [6.45, 7) is 12.7. The van der Waals surface area contributed by atoms with Gasteiger partial charge in [-0.05, 0) is 37.3 Å². The molecule has 92 valence electrons. The Balaban J connectivity index is 3.14. The number of rotatable bonds is 4. The number of hydrogen-bond acceptors (Lipinski definition) is 3. The van der Waals surface area contributed by atoms with E-state index < -0.39 is 11.4 Å². The number of esters is 1. The highest BCUT2D eigenvalue weighted by Crippen LogP contribution is 2.45. The zero-order valence-corrected chi connectivity index (χ0v) is 10.3. The van der Waals surface area contributed by atoms with Crippen LogP contribution in [0.2, 0.25) is 0 Å². The van der Waals surface area contributed by atoms with Crippen molar-refractivity contribution in [1.82, 2.24) is 0 Å². The van der Waals surface area contributed by atoms with Crippen LogP contribution in [0.15, 0.2) is 37.0 Å². The molecule has 1 fully saturated rings. The fraction of sp³-hybridized carbons (Fsp3) is 0.429. The van der Waals surface area contributed by atoms with E-state index in [4.69, 9.17) is 4.74 Å². The zero-order valence-electron chi connectivity index (χ0n) is 10.3. The maximum Gasteiger partial charge on any atom is 0.328 e. The zero-order chi connectivity index (χ0) is 13.1. The molecule has 1 saturated carbocycles. The summed E-state index contributed by atoms with van der Waals surface area (Å²) in [5, 5.41) is 0. The van der Waals surface area contributed by atoms with E-state index in [1.54, 1.807) is 0 Å². The summed E-state index contributed by atoms with van der Waals surface area (Å²) in [4.78, 5) is 24.0. The van der Waals surface area contributed by atoms with E-state index in [-0.39, 0.29) is 12.4 Å². The number of ether oxygens (including phenoxy) is 1. The van der Waals surface area contributed by atoms with Gasteiger partial charge in [0, 0.05) is 0 Å². The van der Waals surface area contributed by atoms with Gasteiger partial charge in [0.25, 0.3) is 0 Å². The molecule has 0 bridgehead atoms. The lowest BCUT2D eigenvalue weighted by molar-refractivity contribution is -0.154. The maximum absolute atomic E-state index is 12.1. The van der Waals surface area contributed by atoms with Crippen LogP contribution in [0.4, 0.5) is 0 Å². The molecule has 0 spiro atoms.